The highest BCUT2D eigenvalue weighted by molar-refractivity contribution is 6.00. The van der Waals surface area contributed by atoms with E-state index in [0.717, 1.165) is 18.4 Å². The molecule has 18 heavy (non-hydrogen) atoms. The van der Waals surface area contributed by atoms with Crippen LogP contribution in [0, 0.1) is 12.8 Å². The SMILES string of the molecule is CCCC(C)COc1nccc(C)c1/C(N)=N/O. The highest BCUT2D eigenvalue weighted by Gasteiger charge is 2.14. The van der Waals surface area contributed by atoms with Gasteiger partial charge in [-0.3, -0.25) is 0 Å². The van der Waals surface area contributed by atoms with Gasteiger partial charge in [-0.15, -0.1) is 0 Å². The third kappa shape index (κ3) is 3.61. The highest BCUT2D eigenvalue weighted by atomic mass is 16.5. The largest absolute Gasteiger partial charge is 0.477 e. The molecule has 0 spiro atoms. The topological polar surface area (TPSA) is 80.7 Å². The van der Waals surface area contributed by atoms with Crippen LogP contribution in [0.1, 0.15) is 37.8 Å². The summed E-state index contributed by atoms with van der Waals surface area (Å²) in [5.74, 6) is 0.907. The molecule has 3 N–H and O–H groups in total. The third-order valence-corrected chi connectivity index (χ3v) is 2.77. The van der Waals surface area contributed by atoms with E-state index < -0.39 is 0 Å². The molecule has 0 amide bonds. The molecular formula is C13H21N3O2. The van der Waals surface area contributed by atoms with E-state index in [-0.39, 0.29) is 5.84 Å². The van der Waals surface area contributed by atoms with Gasteiger partial charge in [-0.25, -0.2) is 4.98 Å². The number of aromatic nitrogens is 1. The molecule has 1 rings (SSSR count). The first-order chi connectivity index (χ1) is 8.60. The van der Waals surface area contributed by atoms with Gasteiger partial charge in [0, 0.05) is 6.20 Å². The van der Waals surface area contributed by atoms with E-state index in [1.165, 1.54) is 0 Å². The fourth-order valence-corrected chi connectivity index (χ4v) is 1.80. The molecule has 1 aromatic heterocycles. The van der Waals surface area contributed by atoms with Gasteiger partial charge >= 0.3 is 0 Å². The second kappa shape index (κ2) is 6.83. The summed E-state index contributed by atoms with van der Waals surface area (Å²) < 4.78 is 5.67. The predicted octanol–water partition coefficient (Wildman–Crippen LogP) is 2.30. The minimum absolute atomic E-state index is 0.0266. The zero-order valence-corrected chi connectivity index (χ0v) is 11.2. The normalized spacial score (nSPS) is 13.4. The zero-order chi connectivity index (χ0) is 13.5. The number of amidine groups is 1. The van der Waals surface area contributed by atoms with E-state index in [0.29, 0.717) is 24.0 Å². The third-order valence-electron chi connectivity index (χ3n) is 2.77. The van der Waals surface area contributed by atoms with Gasteiger partial charge in [0.25, 0.3) is 0 Å². The van der Waals surface area contributed by atoms with E-state index in [9.17, 15) is 0 Å². The van der Waals surface area contributed by atoms with Crippen LogP contribution in [-0.2, 0) is 0 Å². The molecule has 1 heterocycles. The summed E-state index contributed by atoms with van der Waals surface area (Å²) in [6.07, 6.45) is 3.88. The average molecular weight is 251 g/mol. The molecule has 0 fully saturated rings. The number of hydrogen-bond donors (Lipinski definition) is 2. The molecule has 1 unspecified atom stereocenters. The van der Waals surface area contributed by atoms with Crippen LogP contribution in [0.4, 0.5) is 0 Å². The van der Waals surface area contributed by atoms with Gasteiger partial charge in [0.2, 0.25) is 5.88 Å². The minimum atomic E-state index is 0.0266. The summed E-state index contributed by atoms with van der Waals surface area (Å²) in [5.41, 5.74) is 7.07. The molecule has 100 valence electrons. The van der Waals surface area contributed by atoms with Crippen molar-refractivity contribution in [3.05, 3.63) is 23.4 Å². The Morgan fingerprint density at radius 3 is 2.94 bits per heavy atom. The van der Waals surface area contributed by atoms with Crippen molar-refractivity contribution < 1.29 is 9.94 Å². The first-order valence-corrected chi connectivity index (χ1v) is 6.16. The summed E-state index contributed by atoms with van der Waals surface area (Å²) in [6.45, 7) is 6.72. The Labute approximate surface area is 108 Å². The Hall–Kier alpha value is -1.78. The van der Waals surface area contributed by atoms with E-state index in [1.54, 1.807) is 12.3 Å². The predicted molar refractivity (Wildman–Crippen MR) is 71.1 cm³/mol. The molecule has 0 aromatic carbocycles. The van der Waals surface area contributed by atoms with Crippen LogP contribution in [0.25, 0.3) is 0 Å². The number of pyridine rings is 1. The van der Waals surface area contributed by atoms with Crippen molar-refractivity contribution in [1.29, 1.82) is 0 Å². The minimum Gasteiger partial charge on any atom is -0.477 e. The van der Waals surface area contributed by atoms with Crippen LogP contribution in [0.2, 0.25) is 0 Å². The van der Waals surface area contributed by atoms with Crippen LogP contribution in [0.15, 0.2) is 17.4 Å². The molecule has 0 aliphatic rings. The number of nitrogens with two attached hydrogens (primary N) is 1. The molecule has 0 saturated carbocycles. The van der Waals surface area contributed by atoms with E-state index in [1.807, 2.05) is 6.92 Å². The lowest BCUT2D eigenvalue weighted by molar-refractivity contribution is 0.242. The maximum absolute atomic E-state index is 8.78. The molecule has 5 heteroatoms. The average Bonchev–Trinajstić information content (AvgIpc) is 2.36. The molecule has 0 aliphatic carbocycles. The standard InChI is InChI=1S/C13H21N3O2/c1-4-5-9(2)8-18-13-11(12(14)16-17)10(3)6-7-15-13/h6-7,9,17H,4-5,8H2,1-3H3,(H2,14,16). The van der Waals surface area contributed by atoms with Crippen LogP contribution in [0.3, 0.4) is 0 Å². The number of nitrogens with zero attached hydrogens (tertiary/aromatic N) is 2. The Morgan fingerprint density at radius 2 is 2.33 bits per heavy atom. The lowest BCUT2D eigenvalue weighted by Crippen LogP contribution is -2.18. The molecule has 1 aromatic rings. The molecule has 0 aliphatic heterocycles. The first-order valence-electron chi connectivity index (χ1n) is 6.16. The van der Waals surface area contributed by atoms with Gasteiger partial charge in [-0.05, 0) is 30.9 Å². The quantitative estimate of drug-likeness (QED) is 0.352. The summed E-state index contributed by atoms with van der Waals surface area (Å²) in [7, 11) is 0. The Bertz CT molecular complexity index is 419. The highest BCUT2D eigenvalue weighted by Crippen LogP contribution is 2.19. The van der Waals surface area contributed by atoms with Crippen LogP contribution in [0.5, 0.6) is 5.88 Å². The molecular weight excluding hydrogens is 230 g/mol. The Morgan fingerprint density at radius 1 is 1.61 bits per heavy atom. The van der Waals surface area contributed by atoms with Gasteiger partial charge in [-0.1, -0.05) is 25.4 Å². The van der Waals surface area contributed by atoms with E-state index >= 15 is 0 Å². The number of aryl methyl sites for hydroxylation is 1. The van der Waals surface area contributed by atoms with Crippen LogP contribution < -0.4 is 10.5 Å². The Balaban J connectivity index is 2.85. The molecule has 0 radical (unpaired) electrons. The first kappa shape index (κ1) is 14.3. The van der Waals surface area contributed by atoms with E-state index in [2.05, 4.69) is 24.0 Å². The van der Waals surface area contributed by atoms with Crippen molar-refractivity contribution in [2.45, 2.75) is 33.6 Å². The van der Waals surface area contributed by atoms with Gasteiger partial charge in [-0.2, -0.15) is 0 Å². The zero-order valence-electron chi connectivity index (χ0n) is 11.2. The lowest BCUT2D eigenvalue weighted by Gasteiger charge is -2.14. The summed E-state index contributed by atoms with van der Waals surface area (Å²) in [5, 5.41) is 11.8. The number of ether oxygens (including phenoxy) is 1. The fraction of sp³-hybridized carbons (Fsp3) is 0.538. The van der Waals surface area contributed by atoms with Gasteiger partial charge < -0.3 is 15.7 Å². The van der Waals surface area contributed by atoms with Gasteiger partial charge in [0.05, 0.1) is 12.2 Å². The summed E-state index contributed by atoms with van der Waals surface area (Å²) >= 11 is 0. The van der Waals surface area contributed by atoms with Crippen molar-refractivity contribution >= 4 is 5.84 Å². The van der Waals surface area contributed by atoms with E-state index in [4.69, 9.17) is 15.7 Å². The molecule has 0 saturated heterocycles. The molecule has 5 nitrogen and oxygen atoms in total. The fourth-order valence-electron chi connectivity index (χ4n) is 1.80. The monoisotopic (exact) mass is 251 g/mol. The Kier molecular flexibility index (Phi) is 5.42. The van der Waals surface area contributed by atoms with Crippen molar-refractivity contribution in [3.63, 3.8) is 0 Å². The second-order valence-electron chi connectivity index (χ2n) is 4.50. The van der Waals surface area contributed by atoms with Gasteiger partial charge in [0.15, 0.2) is 5.84 Å². The molecule has 1 atom stereocenters. The number of oxime groups is 1. The number of rotatable bonds is 6. The van der Waals surface area contributed by atoms with Crippen LogP contribution in [-0.4, -0.2) is 22.6 Å². The maximum Gasteiger partial charge on any atom is 0.224 e. The van der Waals surface area contributed by atoms with Gasteiger partial charge in [0.1, 0.15) is 0 Å². The smallest absolute Gasteiger partial charge is 0.224 e. The number of hydrogen-bond acceptors (Lipinski definition) is 4. The molecule has 0 bridgehead atoms. The van der Waals surface area contributed by atoms with Crippen LogP contribution >= 0.6 is 0 Å². The van der Waals surface area contributed by atoms with Crippen molar-refractivity contribution in [2.24, 2.45) is 16.8 Å². The lowest BCUT2D eigenvalue weighted by atomic mass is 10.1. The summed E-state index contributed by atoms with van der Waals surface area (Å²) in [4.78, 5) is 4.15. The summed E-state index contributed by atoms with van der Waals surface area (Å²) in [6, 6.07) is 1.80. The van der Waals surface area contributed by atoms with Crippen molar-refractivity contribution in [2.75, 3.05) is 6.61 Å². The maximum atomic E-state index is 8.78. The van der Waals surface area contributed by atoms with Crippen molar-refractivity contribution in [1.82, 2.24) is 4.98 Å². The second-order valence-corrected chi connectivity index (χ2v) is 4.50. The van der Waals surface area contributed by atoms with Crippen molar-refractivity contribution in [3.8, 4) is 5.88 Å².